The third kappa shape index (κ3) is 3.62. The number of nitrogens with zero attached hydrogens (tertiary/aromatic N) is 3. The standard InChI is InChI=1S/C22H13ClN4O2S/c23-15-6-8-16(9-7-15)27-21(29)19(20(28)25-22(27)30)12-18-5-2-10-26(18)17-4-1-3-14(11-17)13-24/h1-12H,(H,25,28,30). The van der Waals surface area contributed by atoms with Gasteiger partial charge in [0.15, 0.2) is 5.11 Å². The van der Waals surface area contributed by atoms with Crippen LogP contribution in [0.2, 0.25) is 5.02 Å². The molecule has 0 bridgehead atoms. The summed E-state index contributed by atoms with van der Waals surface area (Å²) in [6, 6.07) is 19.3. The van der Waals surface area contributed by atoms with Crippen LogP contribution in [-0.2, 0) is 9.59 Å². The first kappa shape index (κ1) is 19.6. The minimum Gasteiger partial charge on any atom is -0.317 e. The lowest BCUT2D eigenvalue weighted by Gasteiger charge is -2.29. The highest BCUT2D eigenvalue weighted by atomic mass is 35.5. The molecule has 4 rings (SSSR count). The van der Waals surface area contributed by atoms with Crippen molar-refractivity contribution >= 4 is 52.5 Å². The Hall–Kier alpha value is -3.73. The number of benzene rings is 2. The van der Waals surface area contributed by atoms with Crippen molar-refractivity contribution in [2.75, 3.05) is 4.90 Å². The first-order chi connectivity index (χ1) is 14.5. The summed E-state index contributed by atoms with van der Waals surface area (Å²) in [6.07, 6.45) is 3.29. The molecule has 1 aliphatic heterocycles. The number of rotatable bonds is 3. The normalized spacial score (nSPS) is 15.3. The van der Waals surface area contributed by atoms with E-state index in [0.717, 1.165) is 5.69 Å². The van der Waals surface area contributed by atoms with E-state index in [2.05, 4.69) is 11.4 Å². The fourth-order valence-electron chi connectivity index (χ4n) is 3.10. The van der Waals surface area contributed by atoms with Gasteiger partial charge in [0, 0.05) is 22.6 Å². The van der Waals surface area contributed by atoms with E-state index in [9.17, 15) is 9.59 Å². The summed E-state index contributed by atoms with van der Waals surface area (Å²) in [5.41, 5.74) is 2.28. The quantitative estimate of drug-likeness (QED) is 0.387. The van der Waals surface area contributed by atoms with Crippen LogP contribution in [0.1, 0.15) is 11.3 Å². The summed E-state index contributed by atoms with van der Waals surface area (Å²) >= 11 is 11.1. The van der Waals surface area contributed by atoms with Crippen molar-refractivity contribution in [2.45, 2.75) is 0 Å². The molecule has 0 saturated carbocycles. The van der Waals surface area contributed by atoms with E-state index in [4.69, 9.17) is 29.1 Å². The van der Waals surface area contributed by atoms with Crippen molar-refractivity contribution in [3.8, 4) is 11.8 Å². The van der Waals surface area contributed by atoms with Gasteiger partial charge in [-0.05, 0) is 72.9 Å². The first-order valence-electron chi connectivity index (χ1n) is 8.83. The molecule has 1 aliphatic rings. The van der Waals surface area contributed by atoms with Crippen LogP contribution in [0, 0.1) is 11.3 Å². The summed E-state index contributed by atoms with van der Waals surface area (Å²) < 4.78 is 1.79. The van der Waals surface area contributed by atoms with Crippen LogP contribution < -0.4 is 10.2 Å². The van der Waals surface area contributed by atoms with Crippen molar-refractivity contribution in [1.29, 1.82) is 5.26 Å². The van der Waals surface area contributed by atoms with Gasteiger partial charge in [-0.15, -0.1) is 0 Å². The molecule has 1 saturated heterocycles. The van der Waals surface area contributed by atoms with Crippen molar-refractivity contribution in [1.82, 2.24) is 9.88 Å². The van der Waals surface area contributed by atoms with E-state index in [0.29, 0.717) is 22.0 Å². The Bertz CT molecular complexity index is 1250. The molecule has 2 amide bonds. The maximum absolute atomic E-state index is 13.1. The number of hydrogen-bond acceptors (Lipinski definition) is 4. The molecule has 146 valence electrons. The highest BCUT2D eigenvalue weighted by Gasteiger charge is 2.34. The average molecular weight is 433 g/mol. The lowest BCUT2D eigenvalue weighted by Crippen LogP contribution is -2.54. The van der Waals surface area contributed by atoms with Gasteiger partial charge >= 0.3 is 0 Å². The largest absolute Gasteiger partial charge is 0.317 e. The van der Waals surface area contributed by atoms with Gasteiger partial charge in [-0.3, -0.25) is 19.8 Å². The van der Waals surface area contributed by atoms with Crippen molar-refractivity contribution in [3.63, 3.8) is 0 Å². The molecule has 0 radical (unpaired) electrons. The van der Waals surface area contributed by atoms with Gasteiger partial charge in [-0.2, -0.15) is 5.26 Å². The van der Waals surface area contributed by atoms with E-state index in [-0.39, 0.29) is 10.7 Å². The Labute approximate surface area is 182 Å². The number of nitriles is 1. The predicted octanol–water partition coefficient (Wildman–Crippen LogP) is 3.83. The molecule has 2 aromatic carbocycles. The van der Waals surface area contributed by atoms with Crippen LogP contribution in [0.3, 0.4) is 0 Å². The Balaban J connectivity index is 1.75. The maximum atomic E-state index is 13.1. The van der Waals surface area contributed by atoms with E-state index >= 15 is 0 Å². The van der Waals surface area contributed by atoms with Crippen LogP contribution in [0.25, 0.3) is 11.8 Å². The van der Waals surface area contributed by atoms with E-state index < -0.39 is 11.8 Å². The second kappa shape index (κ2) is 7.95. The molecule has 0 spiro atoms. The Morgan fingerprint density at radius 1 is 1.03 bits per heavy atom. The lowest BCUT2D eigenvalue weighted by atomic mass is 10.1. The summed E-state index contributed by atoms with van der Waals surface area (Å²) in [4.78, 5) is 26.9. The van der Waals surface area contributed by atoms with Gasteiger partial charge in [0.1, 0.15) is 5.57 Å². The number of thiocarbonyl (C=S) groups is 1. The van der Waals surface area contributed by atoms with E-state index in [1.807, 2.05) is 6.07 Å². The molecular formula is C22H13ClN4O2S. The zero-order chi connectivity index (χ0) is 21.3. The summed E-state index contributed by atoms with van der Waals surface area (Å²) in [5.74, 6) is -1.11. The molecule has 3 aromatic rings. The average Bonchev–Trinajstić information content (AvgIpc) is 3.21. The van der Waals surface area contributed by atoms with Gasteiger partial charge in [0.05, 0.1) is 17.3 Å². The molecule has 1 fully saturated rings. The summed E-state index contributed by atoms with van der Waals surface area (Å²) in [7, 11) is 0. The van der Waals surface area contributed by atoms with Crippen LogP contribution in [0.5, 0.6) is 0 Å². The zero-order valence-corrected chi connectivity index (χ0v) is 16.9. The van der Waals surface area contributed by atoms with Gasteiger partial charge in [-0.1, -0.05) is 17.7 Å². The van der Waals surface area contributed by atoms with Gasteiger partial charge in [0.2, 0.25) is 0 Å². The molecule has 1 aromatic heterocycles. The molecule has 30 heavy (non-hydrogen) atoms. The smallest absolute Gasteiger partial charge is 0.270 e. The Morgan fingerprint density at radius 3 is 2.53 bits per heavy atom. The maximum Gasteiger partial charge on any atom is 0.270 e. The second-order valence-corrected chi connectivity index (χ2v) is 7.22. The number of carbonyl (C=O) groups is 2. The molecule has 0 aliphatic carbocycles. The minimum absolute atomic E-state index is 0.00146. The number of carbonyl (C=O) groups excluding carboxylic acids is 2. The van der Waals surface area contributed by atoms with Crippen LogP contribution in [-0.4, -0.2) is 21.5 Å². The van der Waals surface area contributed by atoms with Gasteiger partial charge < -0.3 is 4.57 Å². The zero-order valence-electron chi connectivity index (χ0n) is 15.4. The number of hydrogen-bond donors (Lipinski definition) is 1. The fourth-order valence-corrected chi connectivity index (χ4v) is 3.51. The number of halogens is 1. The van der Waals surface area contributed by atoms with Crippen LogP contribution >= 0.6 is 23.8 Å². The Morgan fingerprint density at radius 2 is 1.80 bits per heavy atom. The third-order valence-electron chi connectivity index (χ3n) is 4.51. The second-order valence-electron chi connectivity index (χ2n) is 6.40. The minimum atomic E-state index is -0.575. The van der Waals surface area contributed by atoms with Crippen LogP contribution in [0.4, 0.5) is 5.69 Å². The first-order valence-corrected chi connectivity index (χ1v) is 9.61. The van der Waals surface area contributed by atoms with E-state index in [1.54, 1.807) is 65.4 Å². The van der Waals surface area contributed by atoms with E-state index in [1.165, 1.54) is 11.0 Å². The molecular weight excluding hydrogens is 420 g/mol. The SMILES string of the molecule is N#Cc1cccc(-n2cccc2C=C2C(=O)NC(=S)N(c3ccc(Cl)cc3)C2=O)c1. The molecule has 2 heterocycles. The summed E-state index contributed by atoms with van der Waals surface area (Å²) in [5, 5.41) is 12.2. The summed E-state index contributed by atoms with van der Waals surface area (Å²) in [6.45, 7) is 0. The van der Waals surface area contributed by atoms with Gasteiger partial charge in [0.25, 0.3) is 11.8 Å². The van der Waals surface area contributed by atoms with Crippen molar-refractivity contribution in [2.24, 2.45) is 0 Å². The highest BCUT2D eigenvalue weighted by Crippen LogP contribution is 2.24. The monoisotopic (exact) mass is 432 g/mol. The molecule has 0 unspecified atom stereocenters. The van der Waals surface area contributed by atoms with Crippen LogP contribution in [0.15, 0.2) is 72.4 Å². The van der Waals surface area contributed by atoms with Crippen molar-refractivity contribution < 1.29 is 9.59 Å². The molecule has 0 atom stereocenters. The number of anilines is 1. The number of nitrogens with one attached hydrogen (secondary N) is 1. The van der Waals surface area contributed by atoms with Gasteiger partial charge in [-0.25, -0.2) is 0 Å². The fraction of sp³-hybridized carbons (Fsp3) is 0. The highest BCUT2D eigenvalue weighted by molar-refractivity contribution is 7.80. The Kier molecular flexibility index (Phi) is 5.19. The number of aromatic nitrogens is 1. The lowest BCUT2D eigenvalue weighted by molar-refractivity contribution is -0.122. The predicted molar refractivity (Wildman–Crippen MR) is 118 cm³/mol. The van der Waals surface area contributed by atoms with Crippen molar-refractivity contribution in [3.05, 3.63) is 88.7 Å². The molecule has 8 heteroatoms. The molecule has 6 nitrogen and oxygen atoms in total. The molecule has 1 N–H and O–H groups in total. The third-order valence-corrected chi connectivity index (χ3v) is 5.05. The number of amides is 2. The topological polar surface area (TPSA) is 78.1 Å².